The van der Waals surface area contributed by atoms with Gasteiger partial charge in [-0.2, -0.15) is 0 Å². The van der Waals surface area contributed by atoms with Crippen LogP contribution in [0.4, 0.5) is 0 Å². The quantitative estimate of drug-likeness (QED) is 0.854. The fourth-order valence-corrected chi connectivity index (χ4v) is 3.67. The van der Waals surface area contributed by atoms with Crippen LogP contribution in [0.15, 0.2) is 30.4 Å². The number of nitrogens with zero attached hydrogens (tertiary/aromatic N) is 1. The van der Waals surface area contributed by atoms with E-state index in [0.717, 1.165) is 24.5 Å². The molecule has 1 aromatic carbocycles. The Bertz CT molecular complexity index is 596. The van der Waals surface area contributed by atoms with E-state index in [1.165, 1.54) is 5.56 Å². The number of rotatable bonds is 3. The van der Waals surface area contributed by atoms with Crippen LogP contribution in [0.3, 0.4) is 0 Å². The van der Waals surface area contributed by atoms with Gasteiger partial charge in [0.2, 0.25) is 0 Å². The van der Waals surface area contributed by atoms with Gasteiger partial charge in [0.25, 0.3) is 0 Å². The number of hydrogen-bond donors (Lipinski definition) is 0. The van der Waals surface area contributed by atoms with Crippen molar-refractivity contribution in [1.29, 1.82) is 0 Å². The predicted molar refractivity (Wildman–Crippen MR) is 81.0 cm³/mol. The Morgan fingerprint density at radius 1 is 1.24 bits per heavy atom. The third-order valence-corrected chi connectivity index (χ3v) is 4.89. The first-order valence-electron chi connectivity index (χ1n) is 7.25. The maximum absolute atomic E-state index is 11.8. The molecule has 2 atom stereocenters. The molecule has 1 unspecified atom stereocenters. The lowest BCUT2D eigenvalue weighted by Gasteiger charge is -2.37. The molecule has 1 aliphatic carbocycles. The molecule has 3 rings (SSSR count). The van der Waals surface area contributed by atoms with Crippen molar-refractivity contribution in [3.8, 4) is 11.5 Å². The summed E-state index contributed by atoms with van der Waals surface area (Å²) in [5.41, 5.74) is 1.10. The van der Waals surface area contributed by atoms with Gasteiger partial charge in [0, 0.05) is 17.9 Å². The Morgan fingerprint density at radius 2 is 2.00 bits per heavy atom. The molecule has 0 radical (unpaired) electrons. The molecule has 0 bridgehead atoms. The number of methoxy groups -OCH3 is 2. The number of ether oxygens (including phenoxy) is 2. The maximum atomic E-state index is 11.8. The van der Waals surface area contributed by atoms with Crippen LogP contribution in [0.25, 0.3) is 0 Å². The minimum absolute atomic E-state index is 0.0950. The summed E-state index contributed by atoms with van der Waals surface area (Å²) in [6, 6.07) is 6.31. The Morgan fingerprint density at radius 3 is 2.71 bits per heavy atom. The number of benzene rings is 1. The smallest absolute Gasteiger partial charge is 0.161 e. The second-order valence-corrected chi connectivity index (χ2v) is 5.86. The van der Waals surface area contributed by atoms with Crippen LogP contribution in [0.5, 0.6) is 11.5 Å². The van der Waals surface area contributed by atoms with E-state index in [1.807, 2.05) is 12.1 Å². The van der Waals surface area contributed by atoms with Gasteiger partial charge in [-0.3, -0.25) is 4.79 Å². The summed E-state index contributed by atoms with van der Waals surface area (Å²) < 4.78 is 10.7. The first kappa shape index (κ1) is 14.1. The minimum Gasteiger partial charge on any atom is -0.493 e. The second kappa shape index (κ2) is 5.19. The molecule has 0 amide bonds. The molecule has 1 aromatic rings. The summed E-state index contributed by atoms with van der Waals surface area (Å²) in [5, 5.41) is 0. The van der Waals surface area contributed by atoms with Crippen molar-refractivity contribution in [2.24, 2.45) is 0 Å². The highest BCUT2D eigenvalue weighted by Gasteiger charge is 2.48. The fraction of sp³-hybridized carbons (Fsp3) is 0.471. The number of hydrogen-bond acceptors (Lipinski definition) is 4. The van der Waals surface area contributed by atoms with Crippen molar-refractivity contribution in [1.82, 2.24) is 4.90 Å². The van der Waals surface area contributed by atoms with Crippen LogP contribution in [0, 0.1) is 0 Å². The van der Waals surface area contributed by atoms with Crippen molar-refractivity contribution < 1.29 is 14.3 Å². The number of allylic oxidation sites excluding steroid dienone is 1. The molecule has 2 aliphatic rings. The van der Waals surface area contributed by atoms with Crippen molar-refractivity contribution in [2.45, 2.75) is 24.3 Å². The van der Waals surface area contributed by atoms with Crippen LogP contribution in [0.2, 0.25) is 0 Å². The molecule has 0 saturated carbocycles. The van der Waals surface area contributed by atoms with Gasteiger partial charge in [-0.1, -0.05) is 12.1 Å². The van der Waals surface area contributed by atoms with E-state index >= 15 is 0 Å². The summed E-state index contributed by atoms with van der Waals surface area (Å²) in [5.74, 6) is 1.68. The average Bonchev–Trinajstić information content (AvgIpc) is 2.85. The SMILES string of the molecule is COc1ccc([C@@]23C=CC(=O)CC2N(C)CC3)cc1OC. The summed E-state index contributed by atoms with van der Waals surface area (Å²) in [7, 11) is 5.39. The number of likely N-dealkylation sites (tertiary alicyclic amines) is 1. The Kier molecular flexibility index (Phi) is 3.49. The van der Waals surface area contributed by atoms with Crippen LogP contribution >= 0.6 is 0 Å². The maximum Gasteiger partial charge on any atom is 0.161 e. The number of ketones is 1. The van der Waals surface area contributed by atoms with Gasteiger partial charge >= 0.3 is 0 Å². The zero-order chi connectivity index (χ0) is 15.0. The Labute approximate surface area is 125 Å². The van der Waals surface area contributed by atoms with E-state index in [2.05, 4.69) is 24.1 Å². The number of fused-ring (bicyclic) bond motifs is 1. The van der Waals surface area contributed by atoms with Gasteiger partial charge in [0.05, 0.1) is 14.2 Å². The summed E-state index contributed by atoms with van der Waals surface area (Å²) >= 11 is 0. The molecule has 1 fully saturated rings. The molecule has 1 saturated heterocycles. The van der Waals surface area contributed by atoms with Gasteiger partial charge in [0.15, 0.2) is 17.3 Å². The zero-order valence-corrected chi connectivity index (χ0v) is 12.8. The fourth-order valence-electron chi connectivity index (χ4n) is 3.67. The molecule has 0 spiro atoms. The van der Waals surface area contributed by atoms with Crippen molar-refractivity contribution in [2.75, 3.05) is 27.8 Å². The van der Waals surface area contributed by atoms with Gasteiger partial charge in [-0.25, -0.2) is 0 Å². The molecular weight excluding hydrogens is 266 g/mol. The zero-order valence-electron chi connectivity index (χ0n) is 12.8. The molecule has 1 heterocycles. The standard InChI is InChI=1S/C17H21NO3/c1-18-9-8-17(7-6-13(19)11-16(17)18)12-4-5-14(20-2)15(10-12)21-3/h4-7,10,16H,8-9,11H2,1-3H3/t16?,17-/m0/s1. The summed E-state index contributed by atoms with van der Waals surface area (Å²) in [6.45, 7) is 0.997. The monoisotopic (exact) mass is 287 g/mol. The van der Waals surface area contributed by atoms with Crippen LogP contribution < -0.4 is 9.47 Å². The lowest BCUT2D eigenvalue weighted by Crippen LogP contribution is -2.43. The lowest BCUT2D eigenvalue weighted by atomic mass is 9.69. The number of carbonyl (C=O) groups excluding carboxylic acids is 1. The molecule has 21 heavy (non-hydrogen) atoms. The topological polar surface area (TPSA) is 38.8 Å². The molecule has 112 valence electrons. The van der Waals surface area contributed by atoms with Crippen molar-refractivity contribution in [3.05, 3.63) is 35.9 Å². The van der Waals surface area contributed by atoms with Gasteiger partial charge < -0.3 is 14.4 Å². The summed E-state index contributed by atoms with van der Waals surface area (Å²) in [4.78, 5) is 14.1. The van der Waals surface area contributed by atoms with Gasteiger partial charge in [-0.05, 0) is 43.8 Å². The van der Waals surface area contributed by atoms with Gasteiger partial charge in [-0.15, -0.1) is 0 Å². The highest BCUT2D eigenvalue weighted by molar-refractivity contribution is 5.92. The van der Waals surface area contributed by atoms with E-state index < -0.39 is 0 Å². The molecular formula is C17H21NO3. The van der Waals surface area contributed by atoms with Crippen molar-refractivity contribution >= 4 is 5.78 Å². The third kappa shape index (κ3) is 2.14. The average molecular weight is 287 g/mol. The van der Waals surface area contributed by atoms with E-state index in [-0.39, 0.29) is 17.2 Å². The summed E-state index contributed by atoms with van der Waals surface area (Å²) in [6.07, 6.45) is 5.44. The third-order valence-electron chi connectivity index (χ3n) is 4.89. The van der Waals surface area contributed by atoms with Gasteiger partial charge in [0.1, 0.15) is 0 Å². The lowest BCUT2D eigenvalue weighted by molar-refractivity contribution is -0.116. The predicted octanol–water partition coefficient (Wildman–Crippen LogP) is 2.17. The number of carbonyl (C=O) groups is 1. The first-order valence-corrected chi connectivity index (χ1v) is 7.25. The first-order chi connectivity index (χ1) is 10.1. The molecule has 4 nitrogen and oxygen atoms in total. The molecule has 4 heteroatoms. The minimum atomic E-state index is -0.0950. The highest BCUT2D eigenvalue weighted by atomic mass is 16.5. The van der Waals surface area contributed by atoms with Crippen LogP contribution in [0.1, 0.15) is 18.4 Å². The Balaban J connectivity index is 2.09. The normalized spacial score (nSPS) is 28.5. The van der Waals surface area contributed by atoms with Crippen LogP contribution in [-0.4, -0.2) is 44.5 Å². The van der Waals surface area contributed by atoms with E-state index in [9.17, 15) is 4.79 Å². The van der Waals surface area contributed by atoms with E-state index in [4.69, 9.17) is 9.47 Å². The molecule has 0 N–H and O–H groups in total. The largest absolute Gasteiger partial charge is 0.493 e. The van der Waals surface area contributed by atoms with E-state index in [1.54, 1.807) is 20.3 Å². The second-order valence-electron chi connectivity index (χ2n) is 5.86. The number of likely N-dealkylation sites (N-methyl/N-ethyl adjacent to an activating group) is 1. The molecule has 1 aliphatic heterocycles. The highest BCUT2D eigenvalue weighted by Crippen LogP contribution is 2.46. The Hall–Kier alpha value is -1.81. The van der Waals surface area contributed by atoms with E-state index in [0.29, 0.717) is 6.42 Å². The van der Waals surface area contributed by atoms with Crippen LogP contribution in [-0.2, 0) is 10.2 Å². The van der Waals surface area contributed by atoms with Crippen molar-refractivity contribution in [3.63, 3.8) is 0 Å². The molecule has 0 aromatic heterocycles.